The minimum Gasteiger partial charge on any atom is -0.423 e. The molecule has 27 heavy (non-hydrogen) atoms. The van der Waals surface area contributed by atoms with Gasteiger partial charge >= 0.3 is 5.97 Å². The standard InChI is InChI=1S/C22H16N2O3/c1-14-5-4-6-16(13-14)22(26)27-17-11-9-15(10-12-17)20-23-19-8-3-2-7-18(19)21(25)24-20/h2-13H,1H3,(H,23,24,25). The van der Waals surface area contributed by atoms with E-state index in [1.807, 2.05) is 25.1 Å². The molecular weight excluding hydrogens is 340 g/mol. The highest BCUT2D eigenvalue weighted by Crippen LogP contribution is 2.21. The highest BCUT2D eigenvalue weighted by atomic mass is 16.5. The van der Waals surface area contributed by atoms with Crippen molar-refractivity contribution in [1.29, 1.82) is 0 Å². The highest BCUT2D eigenvalue weighted by molar-refractivity contribution is 5.91. The summed E-state index contributed by atoms with van der Waals surface area (Å²) in [6.07, 6.45) is 0. The predicted molar refractivity (Wildman–Crippen MR) is 104 cm³/mol. The summed E-state index contributed by atoms with van der Waals surface area (Å²) in [5, 5.41) is 0.546. The van der Waals surface area contributed by atoms with Gasteiger partial charge in [-0.2, -0.15) is 0 Å². The first kappa shape index (κ1) is 16.7. The SMILES string of the molecule is Cc1cccc(C(=O)Oc2ccc(-c3nc4ccccc4c(=O)[nH]3)cc2)c1. The number of H-pyrrole nitrogens is 1. The van der Waals surface area contributed by atoms with Crippen molar-refractivity contribution >= 4 is 16.9 Å². The van der Waals surface area contributed by atoms with Crippen LogP contribution in [0.1, 0.15) is 15.9 Å². The number of nitrogens with zero attached hydrogens (tertiary/aromatic N) is 1. The Kier molecular flexibility index (Phi) is 4.26. The molecule has 5 nitrogen and oxygen atoms in total. The van der Waals surface area contributed by atoms with Crippen molar-refractivity contribution in [1.82, 2.24) is 9.97 Å². The van der Waals surface area contributed by atoms with E-state index in [1.54, 1.807) is 54.6 Å². The van der Waals surface area contributed by atoms with Crippen molar-refractivity contribution in [3.63, 3.8) is 0 Å². The Labute approximate surface area is 155 Å². The number of carbonyl (C=O) groups excluding carboxylic acids is 1. The maximum Gasteiger partial charge on any atom is 0.343 e. The van der Waals surface area contributed by atoms with Gasteiger partial charge < -0.3 is 9.72 Å². The summed E-state index contributed by atoms with van der Waals surface area (Å²) in [6.45, 7) is 1.92. The number of ether oxygens (including phenoxy) is 1. The Bertz CT molecular complexity index is 1190. The van der Waals surface area contributed by atoms with E-state index in [9.17, 15) is 9.59 Å². The first-order valence-electron chi connectivity index (χ1n) is 8.48. The number of benzene rings is 3. The molecule has 0 aliphatic heterocycles. The van der Waals surface area contributed by atoms with Gasteiger partial charge in [0.15, 0.2) is 0 Å². The lowest BCUT2D eigenvalue weighted by Crippen LogP contribution is -2.10. The normalized spacial score (nSPS) is 10.7. The van der Waals surface area contributed by atoms with Crippen LogP contribution in [0, 0.1) is 6.92 Å². The van der Waals surface area contributed by atoms with Crippen LogP contribution in [0.25, 0.3) is 22.3 Å². The molecule has 4 aromatic rings. The molecule has 0 spiro atoms. The monoisotopic (exact) mass is 356 g/mol. The molecule has 1 aromatic heterocycles. The zero-order valence-corrected chi connectivity index (χ0v) is 14.6. The molecule has 1 N–H and O–H groups in total. The zero-order chi connectivity index (χ0) is 18.8. The number of para-hydroxylation sites is 1. The fourth-order valence-corrected chi connectivity index (χ4v) is 2.84. The number of hydrogen-bond acceptors (Lipinski definition) is 4. The van der Waals surface area contributed by atoms with E-state index < -0.39 is 5.97 Å². The number of esters is 1. The lowest BCUT2D eigenvalue weighted by molar-refractivity contribution is 0.0734. The van der Waals surface area contributed by atoms with Crippen LogP contribution in [0.15, 0.2) is 77.6 Å². The van der Waals surface area contributed by atoms with Crippen LogP contribution >= 0.6 is 0 Å². The Balaban J connectivity index is 1.59. The maximum absolute atomic E-state index is 12.2. The molecule has 1 heterocycles. The van der Waals surface area contributed by atoms with Crippen LogP contribution in [0.3, 0.4) is 0 Å². The summed E-state index contributed by atoms with van der Waals surface area (Å²) in [4.78, 5) is 31.7. The van der Waals surface area contributed by atoms with Gasteiger partial charge in [-0.15, -0.1) is 0 Å². The minimum absolute atomic E-state index is 0.189. The van der Waals surface area contributed by atoms with E-state index in [2.05, 4.69) is 9.97 Å². The van der Waals surface area contributed by atoms with E-state index >= 15 is 0 Å². The van der Waals surface area contributed by atoms with Crippen LogP contribution in [-0.4, -0.2) is 15.9 Å². The summed E-state index contributed by atoms with van der Waals surface area (Å²) in [6, 6.07) is 21.3. The van der Waals surface area contributed by atoms with Crippen LogP contribution in [0.5, 0.6) is 5.75 Å². The van der Waals surface area contributed by atoms with Gasteiger partial charge in [-0.05, 0) is 55.5 Å². The highest BCUT2D eigenvalue weighted by Gasteiger charge is 2.10. The van der Waals surface area contributed by atoms with E-state index in [-0.39, 0.29) is 5.56 Å². The Morgan fingerprint density at radius 3 is 2.52 bits per heavy atom. The van der Waals surface area contributed by atoms with Crippen LogP contribution < -0.4 is 10.3 Å². The van der Waals surface area contributed by atoms with Gasteiger partial charge in [-0.3, -0.25) is 4.79 Å². The number of aryl methyl sites for hydroxylation is 1. The molecular formula is C22H16N2O3. The van der Waals surface area contributed by atoms with Gasteiger partial charge in [0.1, 0.15) is 11.6 Å². The number of aromatic nitrogens is 2. The number of carbonyl (C=O) groups is 1. The van der Waals surface area contributed by atoms with E-state index in [0.717, 1.165) is 11.1 Å². The molecule has 0 bridgehead atoms. The molecule has 0 amide bonds. The van der Waals surface area contributed by atoms with Gasteiger partial charge in [0.25, 0.3) is 5.56 Å². The first-order valence-corrected chi connectivity index (χ1v) is 8.48. The Morgan fingerprint density at radius 2 is 1.74 bits per heavy atom. The van der Waals surface area contributed by atoms with E-state index in [4.69, 9.17) is 4.74 Å². The molecule has 0 radical (unpaired) electrons. The lowest BCUT2D eigenvalue weighted by atomic mass is 10.1. The molecule has 5 heteroatoms. The van der Waals surface area contributed by atoms with E-state index in [0.29, 0.717) is 28.0 Å². The second-order valence-corrected chi connectivity index (χ2v) is 6.22. The summed E-state index contributed by atoms with van der Waals surface area (Å²) in [7, 11) is 0. The number of nitrogens with one attached hydrogen (secondary N) is 1. The van der Waals surface area contributed by atoms with Crippen LogP contribution in [0.2, 0.25) is 0 Å². The molecule has 0 aliphatic rings. The third-order valence-electron chi connectivity index (χ3n) is 4.20. The van der Waals surface area contributed by atoms with Gasteiger partial charge in [-0.1, -0.05) is 29.8 Å². The molecule has 0 fully saturated rings. The second kappa shape index (κ2) is 6.88. The number of rotatable bonds is 3. The summed E-state index contributed by atoms with van der Waals surface area (Å²) in [5.41, 5.74) is 2.66. The van der Waals surface area contributed by atoms with Crippen molar-refractivity contribution < 1.29 is 9.53 Å². The molecule has 0 unspecified atom stereocenters. The molecule has 0 aliphatic carbocycles. The van der Waals surface area contributed by atoms with Gasteiger partial charge in [0, 0.05) is 5.56 Å². The average Bonchev–Trinajstić information content (AvgIpc) is 2.68. The smallest absolute Gasteiger partial charge is 0.343 e. The van der Waals surface area contributed by atoms with Crippen molar-refractivity contribution in [3.8, 4) is 17.1 Å². The fraction of sp³-hybridized carbons (Fsp3) is 0.0455. The summed E-state index contributed by atoms with van der Waals surface area (Å²) in [5.74, 6) is 0.479. The maximum atomic E-state index is 12.2. The van der Waals surface area contributed by atoms with Crippen molar-refractivity contribution in [3.05, 3.63) is 94.3 Å². The summed E-state index contributed by atoms with van der Waals surface area (Å²) >= 11 is 0. The Hall–Kier alpha value is -3.73. The molecule has 3 aromatic carbocycles. The van der Waals surface area contributed by atoms with E-state index in [1.165, 1.54) is 0 Å². The lowest BCUT2D eigenvalue weighted by Gasteiger charge is -2.07. The quantitative estimate of drug-likeness (QED) is 0.443. The molecule has 0 atom stereocenters. The van der Waals surface area contributed by atoms with Gasteiger partial charge in [0.2, 0.25) is 0 Å². The fourth-order valence-electron chi connectivity index (χ4n) is 2.84. The van der Waals surface area contributed by atoms with Gasteiger partial charge in [-0.25, -0.2) is 9.78 Å². The van der Waals surface area contributed by atoms with Gasteiger partial charge in [0.05, 0.1) is 16.5 Å². The number of hydrogen-bond donors (Lipinski definition) is 1. The molecule has 4 rings (SSSR count). The third-order valence-corrected chi connectivity index (χ3v) is 4.20. The third kappa shape index (κ3) is 3.48. The summed E-state index contributed by atoms with van der Waals surface area (Å²) < 4.78 is 5.41. The topological polar surface area (TPSA) is 72.0 Å². The van der Waals surface area contributed by atoms with Crippen molar-refractivity contribution in [2.75, 3.05) is 0 Å². The average molecular weight is 356 g/mol. The molecule has 0 saturated carbocycles. The number of fused-ring (bicyclic) bond motifs is 1. The van der Waals surface area contributed by atoms with Crippen LogP contribution in [0.4, 0.5) is 0 Å². The molecule has 0 saturated heterocycles. The zero-order valence-electron chi connectivity index (χ0n) is 14.6. The molecule has 132 valence electrons. The minimum atomic E-state index is -0.413. The largest absolute Gasteiger partial charge is 0.423 e. The predicted octanol–water partition coefficient (Wildman–Crippen LogP) is 4.12. The van der Waals surface area contributed by atoms with Crippen molar-refractivity contribution in [2.45, 2.75) is 6.92 Å². The van der Waals surface area contributed by atoms with Crippen LogP contribution in [-0.2, 0) is 0 Å². The second-order valence-electron chi connectivity index (χ2n) is 6.22. The number of aromatic amines is 1. The van der Waals surface area contributed by atoms with Crippen molar-refractivity contribution in [2.24, 2.45) is 0 Å². The Morgan fingerprint density at radius 1 is 0.963 bits per heavy atom. The first-order chi connectivity index (χ1) is 13.1.